The maximum Gasteiger partial charge on any atom is 0.407 e. The number of nitrogens with zero attached hydrogens (tertiary/aromatic N) is 5. The molecule has 198 valence electrons. The first-order chi connectivity index (χ1) is 18.4. The molecule has 2 aromatic rings. The van der Waals surface area contributed by atoms with Crippen molar-refractivity contribution in [3.8, 4) is 6.07 Å². The minimum absolute atomic E-state index is 0.189. The summed E-state index contributed by atoms with van der Waals surface area (Å²) in [7, 11) is 1.57. The standard InChI is InChI=1S/C27H31N7O4/c1-4-34-22(13-18(2)32-34)25(35)31-26-30-21-14-20(16-28)15-23(37-3)24(21)33(26)12-8-11-29-27(36)38-17-19-9-6-5-7-10-19/h5-7,9-10,13-15,23-24H,4,8,11-12,17H2,1-3H3,(H,29,36)(H,30,31,35). The number of aryl methyl sites for hydroxylation is 2. The van der Waals surface area contributed by atoms with E-state index in [2.05, 4.69) is 26.8 Å². The lowest BCUT2D eigenvalue weighted by Crippen LogP contribution is -2.51. The number of allylic oxidation sites excluding steroid dienone is 2. The second-order valence-corrected chi connectivity index (χ2v) is 8.86. The van der Waals surface area contributed by atoms with E-state index >= 15 is 0 Å². The Kier molecular flexibility index (Phi) is 8.55. The predicted octanol–water partition coefficient (Wildman–Crippen LogP) is 2.66. The number of fused-ring (bicyclic) bond motifs is 1. The highest BCUT2D eigenvalue weighted by Gasteiger charge is 2.40. The lowest BCUT2D eigenvalue weighted by Gasteiger charge is -2.33. The molecule has 2 atom stereocenters. The van der Waals surface area contributed by atoms with Gasteiger partial charge in [-0.25, -0.2) is 9.79 Å². The SMILES string of the molecule is CCn1nc(C)cc1C(=O)NC1=NC2=CC(C#N)=CC(OC)C2N1CCCNC(=O)OCc1ccccc1. The lowest BCUT2D eigenvalue weighted by atomic mass is 9.97. The van der Waals surface area contributed by atoms with Crippen LogP contribution in [0.5, 0.6) is 0 Å². The van der Waals surface area contributed by atoms with Crippen LogP contribution in [0.1, 0.15) is 35.1 Å². The molecular formula is C27H31N7O4. The fraction of sp³-hybridized carbons (Fsp3) is 0.370. The van der Waals surface area contributed by atoms with Crippen LogP contribution in [0.15, 0.2) is 64.8 Å². The predicted molar refractivity (Wildman–Crippen MR) is 140 cm³/mol. The van der Waals surface area contributed by atoms with E-state index in [1.165, 1.54) is 0 Å². The molecule has 0 saturated heterocycles. The van der Waals surface area contributed by atoms with Crippen LogP contribution >= 0.6 is 0 Å². The van der Waals surface area contributed by atoms with Crippen molar-refractivity contribution in [1.29, 1.82) is 5.26 Å². The molecule has 2 unspecified atom stereocenters. The van der Waals surface area contributed by atoms with Crippen LogP contribution in [0, 0.1) is 18.3 Å². The van der Waals surface area contributed by atoms with Crippen molar-refractivity contribution >= 4 is 18.0 Å². The number of hydrogen-bond donors (Lipinski definition) is 2. The van der Waals surface area contributed by atoms with Gasteiger partial charge in [-0.05, 0) is 44.1 Å². The summed E-state index contributed by atoms with van der Waals surface area (Å²) in [5, 5.41) is 19.5. The summed E-state index contributed by atoms with van der Waals surface area (Å²) in [5.41, 5.74) is 3.15. The first-order valence-corrected chi connectivity index (χ1v) is 12.5. The maximum atomic E-state index is 13.2. The van der Waals surface area contributed by atoms with Crippen molar-refractivity contribution in [3.63, 3.8) is 0 Å². The highest BCUT2D eigenvalue weighted by Crippen LogP contribution is 2.31. The van der Waals surface area contributed by atoms with E-state index in [0.29, 0.717) is 49.0 Å². The molecule has 4 rings (SSSR count). The van der Waals surface area contributed by atoms with Gasteiger partial charge in [-0.2, -0.15) is 10.4 Å². The molecule has 1 aliphatic carbocycles. The van der Waals surface area contributed by atoms with Crippen molar-refractivity contribution in [2.24, 2.45) is 4.99 Å². The number of carbonyl (C=O) groups is 2. The number of alkyl carbamates (subject to hydrolysis) is 1. The largest absolute Gasteiger partial charge is 0.445 e. The number of amides is 2. The fourth-order valence-corrected chi connectivity index (χ4v) is 4.44. The zero-order valence-electron chi connectivity index (χ0n) is 21.7. The molecule has 0 saturated carbocycles. The van der Waals surface area contributed by atoms with Gasteiger partial charge < -0.3 is 19.7 Å². The number of nitrogens with one attached hydrogen (secondary N) is 2. The summed E-state index contributed by atoms with van der Waals surface area (Å²) < 4.78 is 12.6. The number of guanidine groups is 1. The van der Waals surface area contributed by atoms with Gasteiger partial charge >= 0.3 is 6.09 Å². The number of benzene rings is 1. The molecule has 11 nitrogen and oxygen atoms in total. The monoisotopic (exact) mass is 517 g/mol. The molecule has 0 bridgehead atoms. The Labute approximate surface area is 221 Å². The van der Waals surface area contributed by atoms with Gasteiger partial charge in [-0.3, -0.25) is 14.8 Å². The molecule has 2 heterocycles. The van der Waals surface area contributed by atoms with E-state index in [-0.39, 0.29) is 18.6 Å². The van der Waals surface area contributed by atoms with Gasteiger partial charge in [0, 0.05) is 26.7 Å². The van der Waals surface area contributed by atoms with Crippen molar-refractivity contribution < 1.29 is 19.1 Å². The van der Waals surface area contributed by atoms with E-state index in [4.69, 9.17) is 9.47 Å². The summed E-state index contributed by atoms with van der Waals surface area (Å²) >= 11 is 0. The van der Waals surface area contributed by atoms with E-state index in [9.17, 15) is 14.9 Å². The van der Waals surface area contributed by atoms with Gasteiger partial charge in [-0.1, -0.05) is 30.3 Å². The quantitative estimate of drug-likeness (QED) is 0.489. The van der Waals surface area contributed by atoms with Crippen molar-refractivity contribution in [1.82, 2.24) is 25.3 Å². The molecule has 0 fully saturated rings. The minimum Gasteiger partial charge on any atom is -0.445 e. The number of methoxy groups -OCH3 is 1. The van der Waals surface area contributed by atoms with Crippen molar-refractivity contribution in [3.05, 3.63) is 76.8 Å². The minimum atomic E-state index is -0.504. The highest BCUT2D eigenvalue weighted by molar-refractivity contribution is 6.06. The Morgan fingerprint density at radius 2 is 2.03 bits per heavy atom. The molecule has 0 radical (unpaired) electrons. The zero-order valence-corrected chi connectivity index (χ0v) is 21.7. The zero-order chi connectivity index (χ0) is 27.1. The van der Waals surface area contributed by atoms with Crippen LogP contribution in [0.2, 0.25) is 0 Å². The third-order valence-electron chi connectivity index (χ3n) is 6.22. The van der Waals surface area contributed by atoms with Gasteiger partial charge in [0.15, 0.2) is 0 Å². The van der Waals surface area contributed by atoms with Gasteiger partial charge in [0.25, 0.3) is 5.91 Å². The Morgan fingerprint density at radius 1 is 1.24 bits per heavy atom. The van der Waals surface area contributed by atoms with Crippen LogP contribution < -0.4 is 10.6 Å². The normalized spacial score (nSPS) is 18.1. The highest BCUT2D eigenvalue weighted by atomic mass is 16.5. The molecule has 1 aromatic heterocycles. The molecule has 2 amide bonds. The fourth-order valence-electron chi connectivity index (χ4n) is 4.44. The summed E-state index contributed by atoms with van der Waals surface area (Å²) in [5.74, 6) is 0.0227. The van der Waals surface area contributed by atoms with Gasteiger partial charge in [-0.15, -0.1) is 0 Å². The number of ether oxygens (including phenoxy) is 2. The van der Waals surface area contributed by atoms with Crippen LogP contribution in [-0.4, -0.2) is 65.0 Å². The number of nitriles is 1. The number of hydrogen-bond acceptors (Lipinski definition) is 8. The average Bonchev–Trinajstić information content (AvgIpc) is 3.49. The Balaban J connectivity index is 1.42. The lowest BCUT2D eigenvalue weighted by molar-refractivity contribution is 0.0850. The van der Waals surface area contributed by atoms with Crippen molar-refractivity contribution in [2.75, 3.05) is 20.2 Å². The summed E-state index contributed by atoms with van der Waals surface area (Å²) in [6, 6.07) is 13.0. The number of carbonyl (C=O) groups excluding carboxylic acids is 2. The molecular weight excluding hydrogens is 486 g/mol. The number of aliphatic imine (C=N–C) groups is 1. The Hall–Kier alpha value is -4.43. The van der Waals surface area contributed by atoms with E-state index in [1.54, 1.807) is 30.0 Å². The summed E-state index contributed by atoms with van der Waals surface area (Å²) in [6.45, 7) is 5.30. The molecule has 1 aliphatic heterocycles. The average molecular weight is 518 g/mol. The number of rotatable bonds is 9. The van der Waals surface area contributed by atoms with Crippen LogP contribution in [0.4, 0.5) is 4.79 Å². The maximum absolute atomic E-state index is 13.2. The van der Waals surface area contributed by atoms with Gasteiger partial charge in [0.1, 0.15) is 24.4 Å². The second kappa shape index (κ2) is 12.2. The first-order valence-electron chi connectivity index (χ1n) is 12.5. The van der Waals surface area contributed by atoms with E-state index in [1.807, 2.05) is 49.1 Å². The van der Waals surface area contributed by atoms with Crippen LogP contribution in [0.25, 0.3) is 0 Å². The molecule has 11 heteroatoms. The third-order valence-corrected chi connectivity index (χ3v) is 6.22. The number of aromatic nitrogens is 2. The summed E-state index contributed by atoms with van der Waals surface area (Å²) in [6.07, 6.45) is 3.06. The Morgan fingerprint density at radius 3 is 2.74 bits per heavy atom. The van der Waals surface area contributed by atoms with E-state index < -0.39 is 12.2 Å². The van der Waals surface area contributed by atoms with Crippen molar-refractivity contribution in [2.45, 2.75) is 45.6 Å². The molecule has 2 aliphatic rings. The Bertz CT molecular complexity index is 1310. The van der Waals surface area contributed by atoms with Gasteiger partial charge in [0.05, 0.1) is 23.0 Å². The third kappa shape index (κ3) is 6.10. The van der Waals surface area contributed by atoms with Gasteiger partial charge in [0.2, 0.25) is 5.96 Å². The molecule has 2 N–H and O–H groups in total. The topological polar surface area (TPSA) is 134 Å². The smallest absolute Gasteiger partial charge is 0.407 e. The van der Waals surface area contributed by atoms with Crippen LogP contribution in [-0.2, 0) is 22.6 Å². The molecule has 1 aromatic carbocycles. The van der Waals surface area contributed by atoms with E-state index in [0.717, 1.165) is 11.3 Å². The first kappa shape index (κ1) is 26.6. The molecule has 0 spiro atoms. The van der Waals surface area contributed by atoms with Crippen LogP contribution in [0.3, 0.4) is 0 Å². The molecule has 38 heavy (non-hydrogen) atoms. The second-order valence-electron chi connectivity index (χ2n) is 8.86. The summed E-state index contributed by atoms with van der Waals surface area (Å²) in [4.78, 5) is 31.9.